The Labute approximate surface area is 119 Å². The van der Waals surface area contributed by atoms with Gasteiger partial charge in [0.25, 0.3) is 0 Å². The lowest BCUT2D eigenvalue weighted by atomic mass is 10.4. The van der Waals surface area contributed by atoms with E-state index in [1.807, 2.05) is 0 Å². The van der Waals surface area contributed by atoms with Gasteiger partial charge in [0.15, 0.2) is 0 Å². The minimum absolute atomic E-state index is 0.260. The maximum absolute atomic E-state index is 12.4. The molecule has 0 radical (unpaired) electrons. The fourth-order valence-corrected chi connectivity index (χ4v) is 4.24. The first kappa shape index (κ1) is 14.9. The van der Waals surface area contributed by atoms with E-state index in [0.717, 1.165) is 4.47 Å². The summed E-state index contributed by atoms with van der Waals surface area (Å²) >= 11 is 6.54. The van der Waals surface area contributed by atoms with Crippen LogP contribution in [-0.2, 0) is 10.0 Å². The van der Waals surface area contributed by atoms with Gasteiger partial charge in [-0.3, -0.25) is 0 Å². The zero-order valence-electron chi connectivity index (χ0n) is 9.36. The smallest absolute Gasteiger partial charge is 0.207 e. The van der Waals surface area contributed by atoms with Crippen LogP contribution in [-0.4, -0.2) is 25.8 Å². The summed E-state index contributed by atoms with van der Waals surface area (Å²) in [6, 6.07) is 5.08. The van der Waals surface area contributed by atoms with Gasteiger partial charge in [0.1, 0.15) is 0 Å². The topological polar surface area (TPSA) is 37.4 Å². The molecule has 17 heavy (non-hydrogen) atoms. The van der Waals surface area contributed by atoms with E-state index in [4.69, 9.17) is 0 Å². The summed E-state index contributed by atoms with van der Waals surface area (Å²) in [5.41, 5.74) is 0. The summed E-state index contributed by atoms with van der Waals surface area (Å²) < 4.78 is 27.4. The molecule has 0 saturated heterocycles. The van der Waals surface area contributed by atoms with Crippen LogP contribution < -0.4 is 0 Å². The van der Waals surface area contributed by atoms with E-state index in [1.165, 1.54) is 4.31 Å². The predicted molar refractivity (Wildman–Crippen MR) is 76.5 cm³/mol. The summed E-state index contributed by atoms with van der Waals surface area (Å²) in [6.07, 6.45) is 1.58. The molecule has 0 heterocycles. The molecular weight excluding hydrogens is 370 g/mol. The van der Waals surface area contributed by atoms with E-state index < -0.39 is 10.0 Å². The first-order chi connectivity index (χ1) is 7.93. The van der Waals surface area contributed by atoms with Crippen molar-refractivity contribution >= 4 is 41.9 Å². The number of likely N-dealkylation sites (N-methyl/N-ethyl adjacent to an activating group) is 1. The molecule has 1 rings (SSSR count). The molecule has 6 heteroatoms. The Balaban J connectivity index is 3.29. The Morgan fingerprint density at radius 1 is 1.41 bits per heavy atom. The number of nitrogens with zero attached hydrogens (tertiary/aromatic N) is 1. The average Bonchev–Trinajstić information content (AvgIpc) is 2.28. The Morgan fingerprint density at radius 2 is 2.06 bits per heavy atom. The minimum Gasteiger partial charge on any atom is -0.207 e. The van der Waals surface area contributed by atoms with Crippen molar-refractivity contribution in [2.75, 3.05) is 13.1 Å². The molecule has 0 aromatic heterocycles. The molecule has 94 valence electrons. The Hall–Kier alpha value is -0.170. The van der Waals surface area contributed by atoms with Gasteiger partial charge < -0.3 is 0 Å². The second kappa shape index (κ2) is 6.13. The van der Waals surface area contributed by atoms with Crippen LogP contribution in [0.5, 0.6) is 0 Å². The molecule has 1 aromatic carbocycles. The van der Waals surface area contributed by atoms with Crippen molar-refractivity contribution in [3.05, 3.63) is 39.8 Å². The number of rotatable bonds is 5. The van der Waals surface area contributed by atoms with Crippen LogP contribution in [0.1, 0.15) is 6.92 Å². The predicted octanol–water partition coefficient (Wildman–Crippen LogP) is 3.41. The van der Waals surface area contributed by atoms with Gasteiger partial charge in [-0.15, -0.1) is 6.58 Å². The van der Waals surface area contributed by atoms with Gasteiger partial charge in [-0.05, 0) is 34.1 Å². The third-order valence-electron chi connectivity index (χ3n) is 2.20. The lowest BCUT2D eigenvalue weighted by Gasteiger charge is -2.19. The maximum atomic E-state index is 12.4. The second-order valence-electron chi connectivity index (χ2n) is 3.32. The number of benzene rings is 1. The lowest BCUT2D eigenvalue weighted by molar-refractivity contribution is 0.459. The molecule has 0 atom stereocenters. The SMILES string of the molecule is C=CCN(CC)S(=O)(=O)c1cc(Br)ccc1Br. The molecule has 3 nitrogen and oxygen atoms in total. The number of hydrogen-bond acceptors (Lipinski definition) is 2. The summed E-state index contributed by atoms with van der Waals surface area (Å²) in [4.78, 5) is 0.260. The molecular formula is C11H13Br2NO2S. The largest absolute Gasteiger partial charge is 0.244 e. The van der Waals surface area contributed by atoms with E-state index in [1.54, 1.807) is 31.2 Å². The molecule has 0 unspecified atom stereocenters. The molecule has 0 spiro atoms. The molecule has 0 fully saturated rings. The van der Waals surface area contributed by atoms with Gasteiger partial charge in [-0.1, -0.05) is 28.9 Å². The van der Waals surface area contributed by atoms with E-state index in [2.05, 4.69) is 38.4 Å². The normalized spacial score (nSPS) is 11.8. The van der Waals surface area contributed by atoms with Gasteiger partial charge in [-0.25, -0.2) is 8.42 Å². The highest BCUT2D eigenvalue weighted by Gasteiger charge is 2.24. The standard InChI is InChI=1S/C11H13Br2NO2S/c1-3-7-14(4-2)17(15,16)11-8-9(12)5-6-10(11)13/h3,5-6,8H,1,4,7H2,2H3. The number of halogens is 2. The molecule has 0 N–H and O–H groups in total. The Kier molecular flexibility index (Phi) is 5.37. The molecule has 0 amide bonds. The monoisotopic (exact) mass is 381 g/mol. The highest BCUT2D eigenvalue weighted by Crippen LogP contribution is 2.28. The zero-order valence-corrected chi connectivity index (χ0v) is 13.3. The van der Waals surface area contributed by atoms with Crippen LogP contribution in [0.2, 0.25) is 0 Å². The summed E-state index contributed by atoms with van der Waals surface area (Å²) in [7, 11) is -3.48. The third kappa shape index (κ3) is 3.40. The van der Waals surface area contributed by atoms with Gasteiger partial charge in [0.2, 0.25) is 10.0 Å². The van der Waals surface area contributed by atoms with Crippen LogP contribution in [0.4, 0.5) is 0 Å². The van der Waals surface area contributed by atoms with E-state index in [0.29, 0.717) is 17.6 Å². The summed E-state index contributed by atoms with van der Waals surface area (Å²) in [5, 5.41) is 0. The fourth-order valence-electron chi connectivity index (χ4n) is 1.36. The van der Waals surface area contributed by atoms with Crippen molar-refractivity contribution < 1.29 is 8.42 Å². The quantitative estimate of drug-likeness (QED) is 0.731. The molecule has 0 bridgehead atoms. The minimum atomic E-state index is -3.48. The Morgan fingerprint density at radius 3 is 2.59 bits per heavy atom. The third-order valence-corrected chi connectivity index (χ3v) is 5.62. The second-order valence-corrected chi connectivity index (χ2v) is 7.00. The van der Waals surface area contributed by atoms with Gasteiger partial charge >= 0.3 is 0 Å². The maximum Gasteiger partial charge on any atom is 0.244 e. The van der Waals surface area contributed by atoms with Gasteiger partial charge in [0.05, 0.1) is 4.90 Å². The van der Waals surface area contributed by atoms with Crippen LogP contribution in [0.3, 0.4) is 0 Å². The highest BCUT2D eigenvalue weighted by atomic mass is 79.9. The van der Waals surface area contributed by atoms with Crippen molar-refractivity contribution in [2.45, 2.75) is 11.8 Å². The number of sulfonamides is 1. The number of hydrogen-bond donors (Lipinski definition) is 0. The zero-order chi connectivity index (χ0) is 13.1. The molecule has 0 aliphatic carbocycles. The van der Waals surface area contributed by atoms with Crippen molar-refractivity contribution in [3.63, 3.8) is 0 Å². The summed E-state index contributed by atoms with van der Waals surface area (Å²) in [6.45, 7) is 6.08. The van der Waals surface area contributed by atoms with E-state index >= 15 is 0 Å². The van der Waals surface area contributed by atoms with Gasteiger partial charge in [-0.2, -0.15) is 4.31 Å². The fraction of sp³-hybridized carbons (Fsp3) is 0.273. The van der Waals surface area contributed by atoms with Crippen molar-refractivity contribution in [1.82, 2.24) is 4.31 Å². The Bertz CT molecular complexity index is 514. The first-order valence-corrected chi connectivity index (χ1v) is 8.02. The molecule has 1 aromatic rings. The molecule has 0 aliphatic rings. The van der Waals surface area contributed by atoms with Crippen molar-refractivity contribution in [1.29, 1.82) is 0 Å². The van der Waals surface area contributed by atoms with Crippen LogP contribution in [0.25, 0.3) is 0 Å². The lowest BCUT2D eigenvalue weighted by Crippen LogP contribution is -2.31. The van der Waals surface area contributed by atoms with E-state index in [-0.39, 0.29) is 4.90 Å². The molecule has 0 aliphatic heterocycles. The van der Waals surface area contributed by atoms with E-state index in [9.17, 15) is 8.42 Å². The first-order valence-electron chi connectivity index (χ1n) is 4.99. The average molecular weight is 383 g/mol. The van der Waals surface area contributed by atoms with Crippen LogP contribution in [0.15, 0.2) is 44.7 Å². The summed E-state index contributed by atoms with van der Waals surface area (Å²) in [5.74, 6) is 0. The highest BCUT2D eigenvalue weighted by molar-refractivity contribution is 9.11. The van der Waals surface area contributed by atoms with Crippen LogP contribution in [0, 0.1) is 0 Å². The van der Waals surface area contributed by atoms with Gasteiger partial charge in [0, 0.05) is 22.0 Å². The van der Waals surface area contributed by atoms with Crippen LogP contribution >= 0.6 is 31.9 Å². The van der Waals surface area contributed by atoms with Crippen molar-refractivity contribution in [3.8, 4) is 0 Å². The molecule has 0 saturated carbocycles. The van der Waals surface area contributed by atoms with Crippen molar-refractivity contribution in [2.24, 2.45) is 0 Å².